The highest BCUT2D eigenvalue weighted by atomic mass is 32.2. The normalized spacial score (nSPS) is 20.6. The first-order valence-electron chi connectivity index (χ1n) is 8.57. The Morgan fingerprint density at radius 2 is 1.83 bits per heavy atom. The molecule has 1 aromatic heterocycles. The molecule has 0 aliphatic carbocycles. The van der Waals surface area contributed by atoms with Gasteiger partial charge in [0.15, 0.2) is 0 Å². The van der Waals surface area contributed by atoms with E-state index in [4.69, 9.17) is 5.73 Å². The highest BCUT2D eigenvalue weighted by molar-refractivity contribution is 7.91. The summed E-state index contributed by atoms with van der Waals surface area (Å²) < 4.78 is 27.0. The Kier molecular flexibility index (Phi) is 5.59. The minimum atomic E-state index is -3.38. The lowest BCUT2D eigenvalue weighted by Gasteiger charge is -2.31. The number of carbonyl (C=O) groups excluding carboxylic acids is 1. The van der Waals surface area contributed by atoms with E-state index in [1.807, 2.05) is 4.90 Å². The lowest BCUT2D eigenvalue weighted by molar-refractivity contribution is -0.131. The lowest BCUT2D eigenvalue weighted by Crippen LogP contribution is -2.40. The quantitative estimate of drug-likeness (QED) is 0.845. The van der Waals surface area contributed by atoms with Crippen molar-refractivity contribution in [1.29, 1.82) is 0 Å². The fourth-order valence-corrected chi connectivity index (χ4v) is 6.34. The van der Waals surface area contributed by atoms with Gasteiger partial charge in [0.05, 0.1) is 6.42 Å². The van der Waals surface area contributed by atoms with Crippen LogP contribution in [-0.2, 0) is 21.2 Å². The van der Waals surface area contributed by atoms with Gasteiger partial charge in [0.2, 0.25) is 5.91 Å². The molecule has 6 nitrogen and oxygen atoms in total. The van der Waals surface area contributed by atoms with E-state index < -0.39 is 10.0 Å². The zero-order chi connectivity index (χ0) is 17.2. The smallest absolute Gasteiger partial charge is 0.252 e. The van der Waals surface area contributed by atoms with Crippen LogP contribution in [0.4, 0.5) is 0 Å². The van der Waals surface area contributed by atoms with Crippen LogP contribution in [0.25, 0.3) is 0 Å². The Balaban J connectivity index is 1.61. The van der Waals surface area contributed by atoms with Crippen LogP contribution in [0.15, 0.2) is 16.3 Å². The standard InChI is InChI=1S/C16H25N3O3S2/c17-12-13-5-9-18(10-6-13)15(20)11-14-3-4-16(23-14)24(21,22)19-7-1-2-8-19/h3-4,13H,1-2,5-12,17H2. The number of carbonyl (C=O) groups is 1. The molecule has 0 saturated carbocycles. The molecule has 0 spiro atoms. The monoisotopic (exact) mass is 371 g/mol. The predicted octanol–water partition coefficient (Wildman–Crippen LogP) is 1.27. The average molecular weight is 372 g/mol. The van der Waals surface area contributed by atoms with Crippen molar-refractivity contribution in [3.8, 4) is 0 Å². The highest BCUT2D eigenvalue weighted by Gasteiger charge is 2.29. The number of likely N-dealkylation sites (tertiary alicyclic amines) is 1. The summed E-state index contributed by atoms with van der Waals surface area (Å²) in [7, 11) is -3.38. The molecule has 0 radical (unpaired) electrons. The van der Waals surface area contributed by atoms with Crippen molar-refractivity contribution >= 4 is 27.3 Å². The number of piperidine rings is 1. The van der Waals surface area contributed by atoms with Gasteiger partial charge in [-0.2, -0.15) is 4.31 Å². The number of hydrogen-bond acceptors (Lipinski definition) is 5. The number of nitrogens with zero attached hydrogens (tertiary/aromatic N) is 2. The van der Waals surface area contributed by atoms with Gasteiger partial charge in [0.25, 0.3) is 10.0 Å². The molecular formula is C16H25N3O3S2. The van der Waals surface area contributed by atoms with Gasteiger partial charge < -0.3 is 10.6 Å². The van der Waals surface area contributed by atoms with Gasteiger partial charge in [-0.25, -0.2) is 8.42 Å². The molecule has 2 N–H and O–H groups in total. The first-order chi connectivity index (χ1) is 11.5. The number of amides is 1. The van der Waals surface area contributed by atoms with Gasteiger partial charge >= 0.3 is 0 Å². The average Bonchev–Trinajstić information content (AvgIpc) is 3.27. The maximum Gasteiger partial charge on any atom is 0.252 e. The van der Waals surface area contributed by atoms with Crippen LogP contribution in [0, 0.1) is 5.92 Å². The third-order valence-electron chi connectivity index (χ3n) is 4.92. The molecule has 1 amide bonds. The van der Waals surface area contributed by atoms with E-state index in [1.54, 1.807) is 16.4 Å². The summed E-state index contributed by atoms with van der Waals surface area (Å²) in [4.78, 5) is 15.1. The molecule has 134 valence electrons. The van der Waals surface area contributed by atoms with Gasteiger partial charge in [0.1, 0.15) is 4.21 Å². The van der Waals surface area contributed by atoms with Crippen molar-refractivity contribution in [3.05, 3.63) is 17.0 Å². The summed E-state index contributed by atoms with van der Waals surface area (Å²) in [5.41, 5.74) is 5.68. The topological polar surface area (TPSA) is 83.7 Å². The Morgan fingerprint density at radius 3 is 2.46 bits per heavy atom. The Labute approximate surface area is 147 Å². The molecule has 2 saturated heterocycles. The van der Waals surface area contributed by atoms with Crippen LogP contribution in [-0.4, -0.2) is 56.3 Å². The maximum atomic E-state index is 12.5. The molecule has 0 unspecified atom stereocenters. The molecule has 2 aliphatic rings. The summed E-state index contributed by atoms with van der Waals surface area (Å²) in [6.07, 6.45) is 4.05. The van der Waals surface area contributed by atoms with Crippen LogP contribution in [0.5, 0.6) is 0 Å². The summed E-state index contributed by atoms with van der Waals surface area (Å²) >= 11 is 1.23. The second-order valence-corrected chi connectivity index (χ2v) is 9.90. The van der Waals surface area contributed by atoms with Crippen LogP contribution in [0.3, 0.4) is 0 Å². The molecule has 8 heteroatoms. The first-order valence-corrected chi connectivity index (χ1v) is 10.8. The Morgan fingerprint density at radius 1 is 1.17 bits per heavy atom. The number of rotatable bonds is 5. The Hall–Kier alpha value is -0.960. The lowest BCUT2D eigenvalue weighted by atomic mass is 9.97. The zero-order valence-electron chi connectivity index (χ0n) is 13.8. The van der Waals surface area contributed by atoms with Crippen molar-refractivity contribution in [3.63, 3.8) is 0 Å². The van der Waals surface area contributed by atoms with Crippen molar-refractivity contribution < 1.29 is 13.2 Å². The SMILES string of the molecule is NCC1CCN(C(=O)Cc2ccc(S(=O)(=O)N3CCCC3)s2)CC1. The van der Waals surface area contributed by atoms with E-state index in [2.05, 4.69) is 0 Å². The zero-order valence-corrected chi connectivity index (χ0v) is 15.4. The molecule has 1 aromatic rings. The maximum absolute atomic E-state index is 12.5. The number of thiophene rings is 1. The van der Waals surface area contributed by atoms with E-state index >= 15 is 0 Å². The van der Waals surface area contributed by atoms with Crippen LogP contribution in [0.2, 0.25) is 0 Å². The number of sulfonamides is 1. The summed E-state index contributed by atoms with van der Waals surface area (Å²) in [5, 5.41) is 0. The number of hydrogen-bond donors (Lipinski definition) is 1. The van der Waals surface area contributed by atoms with Crippen molar-refractivity contribution in [1.82, 2.24) is 9.21 Å². The van der Waals surface area contributed by atoms with Gasteiger partial charge in [-0.3, -0.25) is 4.79 Å². The molecular weight excluding hydrogens is 346 g/mol. The predicted molar refractivity (Wildman–Crippen MR) is 94.4 cm³/mol. The van der Waals surface area contributed by atoms with Crippen molar-refractivity contribution in [2.45, 2.75) is 36.3 Å². The van der Waals surface area contributed by atoms with E-state index in [1.165, 1.54) is 11.3 Å². The van der Waals surface area contributed by atoms with E-state index in [9.17, 15) is 13.2 Å². The van der Waals surface area contributed by atoms with Crippen LogP contribution < -0.4 is 5.73 Å². The molecule has 0 atom stereocenters. The Bertz CT molecular complexity index is 672. The summed E-state index contributed by atoms with van der Waals surface area (Å²) in [6.45, 7) is 3.40. The van der Waals surface area contributed by atoms with E-state index in [-0.39, 0.29) is 12.3 Å². The van der Waals surface area contributed by atoms with Crippen LogP contribution in [0.1, 0.15) is 30.6 Å². The minimum Gasteiger partial charge on any atom is -0.342 e. The largest absolute Gasteiger partial charge is 0.342 e. The fraction of sp³-hybridized carbons (Fsp3) is 0.688. The van der Waals surface area contributed by atoms with E-state index in [0.29, 0.717) is 29.8 Å². The van der Waals surface area contributed by atoms with Crippen molar-refractivity contribution in [2.24, 2.45) is 11.7 Å². The number of nitrogens with two attached hydrogens (primary N) is 1. The highest BCUT2D eigenvalue weighted by Crippen LogP contribution is 2.28. The van der Waals surface area contributed by atoms with Gasteiger partial charge in [0, 0.05) is 31.1 Å². The minimum absolute atomic E-state index is 0.0810. The van der Waals surface area contributed by atoms with E-state index in [0.717, 1.165) is 43.6 Å². The van der Waals surface area contributed by atoms with Gasteiger partial charge in [-0.05, 0) is 50.3 Å². The van der Waals surface area contributed by atoms with Crippen LogP contribution >= 0.6 is 11.3 Å². The third kappa shape index (κ3) is 3.82. The summed E-state index contributed by atoms with van der Waals surface area (Å²) in [5.74, 6) is 0.602. The molecule has 0 aromatic carbocycles. The molecule has 24 heavy (non-hydrogen) atoms. The van der Waals surface area contributed by atoms with Crippen molar-refractivity contribution in [2.75, 3.05) is 32.7 Å². The molecule has 2 aliphatic heterocycles. The second kappa shape index (κ2) is 7.51. The molecule has 0 bridgehead atoms. The van der Waals surface area contributed by atoms with Gasteiger partial charge in [-0.15, -0.1) is 11.3 Å². The second-order valence-electron chi connectivity index (χ2n) is 6.57. The molecule has 3 rings (SSSR count). The summed E-state index contributed by atoms with van der Waals surface area (Å²) in [6, 6.07) is 3.42. The first kappa shape index (κ1) is 17.8. The van der Waals surface area contributed by atoms with Gasteiger partial charge in [-0.1, -0.05) is 0 Å². The third-order valence-corrected chi connectivity index (χ3v) is 8.37. The fourth-order valence-electron chi connectivity index (χ4n) is 3.33. The molecule has 3 heterocycles. The molecule has 2 fully saturated rings.